The maximum absolute atomic E-state index is 4.48. The summed E-state index contributed by atoms with van der Waals surface area (Å²) in [5.41, 5.74) is 2.85. The van der Waals surface area contributed by atoms with Crippen molar-refractivity contribution in [3.8, 4) is 0 Å². The second-order valence-corrected chi connectivity index (χ2v) is 6.73. The topological polar surface area (TPSA) is 45.5 Å². The first kappa shape index (κ1) is 19.8. The minimum atomic E-state index is 0. The lowest BCUT2D eigenvalue weighted by atomic mass is 10.0. The number of rotatable bonds is 4. The molecule has 6 heteroatoms. The summed E-state index contributed by atoms with van der Waals surface area (Å²) in [5, 5.41) is 3.48. The number of nitrogens with one attached hydrogen (secondary N) is 1. The van der Waals surface area contributed by atoms with E-state index < -0.39 is 0 Å². The molecule has 0 saturated carbocycles. The van der Waals surface area contributed by atoms with Gasteiger partial charge in [-0.3, -0.25) is 4.99 Å². The molecular weight excluding hydrogens is 425 g/mol. The first-order chi connectivity index (χ1) is 11.7. The maximum atomic E-state index is 4.48. The normalized spacial score (nSPS) is 14.2. The predicted octanol–water partition coefficient (Wildman–Crippen LogP) is 3.29. The minimum Gasteiger partial charge on any atom is -0.349 e. The van der Waals surface area contributed by atoms with Crippen molar-refractivity contribution in [3.05, 3.63) is 53.6 Å². The van der Waals surface area contributed by atoms with E-state index >= 15 is 0 Å². The molecule has 0 bridgehead atoms. The molecule has 0 amide bonds. The highest BCUT2D eigenvalue weighted by Gasteiger charge is 2.18. The third-order valence-corrected chi connectivity index (χ3v) is 4.41. The molecule has 2 aromatic rings. The van der Waals surface area contributed by atoms with Crippen molar-refractivity contribution >= 4 is 29.9 Å². The van der Waals surface area contributed by atoms with Gasteiger partial charge in [0.05, 0.1) is 6.54 Å². The third kappa shape index (κ3) is 4.96. The van der Waals surface area contributed by atoms with E-state index in [1.165, 1.54) is 11.1 Å². The molecule has 1 aromatic heterocycles. The Bertz CT molecular complexity index is 707. The Labute approximate surface area is 167 Å². The van der Waals surface area contributed by atoms with Crippen molar-refractivity contribution in [1.29, 1.82) is 0 Å². The first-order valence-corrected chi connectivity index (χ1v) is 8.69. The molecule has 5 nitrogen and oxygen atoms in total. The van der Waals surface area contributed by atoms with Crippen LogP contribution >= 0.6 is 24.0 Å². The van der Waals surface area contributed by atoms with E-state index in [-0.39, 0.29) is 24.0 Å². The van der Waals surface area contributed by atoms with Crippen molar-refractivity contribution in [2.45, 2.75) is 39.9 Å². The van der Waals surface area contributed by atoms with Gasteiger partial charge in [0.2, 0.25) is 0 Å². The smallest absolute Gasteiger partial charge is 0.194 e. The molecule has 1 aliphatic rings. The first-order valence-electron chi connectivity index (χ1n) is 8.69. The van der Waals surface area contributed by atoms with E-state index in [9.17, 15) is 0 Å². The zero-order valence-corrected chi connectivity index (χ0v) is 17.6. The van der Waals surface area contributed by atoms with E-state index in [0.29, 0.717) is 12.5 Å². The monoisotopic (exact) mass is 453 g/mol. The van der Waals surface area contributed by atoms with Crippen LogP contribution in [0.1, 0.15) is 30.8 Å². The van der Waals surface area contributed by atoms with Crippen molar-refractivity contribution in [1.82, 2.24) is 19.8 Å². The second kappa shape index (κ2) is 9.22. The van der Waals surface area contributed by atoms with Crippen LogP contribution in [0.15, 0.2) is 41.7 Å². The van der Waals surface area contributed by atoms with Gasteiger partial charge in [0.25, 0.3) is 0 Å². The van der Waals surface area contributed by atoms with Gasteiger partial charge in [0.15, 0.2) is 5.96 Å². The number of aliphatic imine (C=N–C) groups is 1. The molecule has 1 aromatic carbocycles. The highest BCUT2D eigenvalue weighted by molar-refractivity contribution is 14.0. The molecule has 0 saturated heterocycles. The van der Waals surface area contributed by atoms with E-state index in [1.54, 1.807) is 0 Å². The van der Waals surface area contributed by atoms with Gasteiger partial charge in [0.1, 0.15) is 5.82 Å². The highest BCUT2D eigenvalue weighted by atomic mass is 127. The number of fused-ring (bicyclic) bond motifs is 1. The molecule has 136 valence electrons. The minimum absolute atomic E-state index is 0. The second-order valence-electron chi connectivity index (χ2n) is 6.73. The molecular formula is C19H28IN5. The highest BCUT2D eigenvalue weighted by Crippen LogP contribution is 2.18. The zero-order valence-electron chi connectivity index (χ0n) is 15.3. The number of halogens is 1. The molecule has 0 fully saturated rings. The molecule has 0 spiro atoms. The average Bonchev–Trinajstić information content (AvgIpc) is 3.01. The van der Waals surface area contributed by atoms with E-state index in [2.05, 4.69) is 69.1 Å². The fourth-order valence-electron chi connectivity index (χ4n) is 3.23. The molecule has 0 atom stereocenters. The standard InChI is InChI=1S/C19H27N5.HI/c1-15(2)13-23-11-9-21-18(23)12-22-19(20-3)24-10-8-16-6-4-5-7-17(16)14-24;/h4-7,9,11,15H,8,10,12-14H2,1-3H3,(H,20,22);1H. The molecule has 0 unspecified atom stereocenters. The van der Waals surface area contributed by atoms with Crippen LogP contribution in [0.2, 0.25) is 0 Å². The lowest BCUT2D eigenvalue weighted by Crippen LogP contribution is -2.44. The van der Waals surface area contributed by atoms with Crippen LogP contribution in [-0.4, -0.2) is 34.0 Å². The summed E-state index contributed by atoms with van der Waals surface area (Å²) in [6.45, 7) is 8.05. The Balaban J connectivity index is 0.00000225. The zero-order chi connectivity index (χ0) is 16.9. The van der Waals surface area contributed by atoms with E-state index in [4.69, 9.17) is 0 Å². The summed E-state index contributed by atoms with van der Waals surface area (Å²) >= 11 is 0. The fraction of sp³-hybridized carbons (Fsp3) is 0.474. The van der Waals surface area contributed by atoms with Crippen LogP contribution in [-0.2, 0) is 26.1 Å². The van der Waals surface area contributed by atoms with Crippen LogP contribution in [0.25, 0.3) is 0 Å². The van der Waals surface area contributed by atoms with Gasteiger partial charge in [0, 0.05) is 39.1 Å². The molecule has 1 aliphatic heterocycles. The average molecular weight is 453 g/mol. The lowest BCUT2D eigenvalue weighted by Gasteiger charge is -2.31. The lowest BCUT2D eigenvalue weighted by molar-refractivity contribution is 0.377. The van der Waals surface area contributed by atoms with Crippen molar-refractivity contribution in [2.75, 3.05) is 13.6 Å². The van der Waals surface area contributed by atoms with E-state index in [0.717, 1.165) is 37.8 Å². The third-order valence-electron chi connectivity index (χ3n) is 4.41. The van der Waals surface area contributed by atoms with Gasteiger partial charge < -0.3 is 14.8 Å². The number of guanidine groups is 1. The van der Waals surface area contributed by atoms with Crippen LogP contribution < -0.4 is 5.32 Å². The summed E-state index contributed by atoms with van der Waals surface area (Å²) in [5.74, 6) is 2.61. The number of imidazole rings is 1. The van der Waals surface area contributed by atoms with Gasteiger partial charge in [-0.15, -0.1) is 24.0 Å². The quantitative estimate of drug-likeness (QED) is 0.439. The number of benzene rings is 1. The number of hydrogen-bond donors (Lipinski definition) is 1. The largest absolute Gasteiger partial charge is 0.349 e. The Morgan fingerprint density at radius 2 is 2.04 bits per heavy atom. The molecule has 1 N–H and O–H groups in total. The van der Waals surface area contributed by atoms with E-state index in [1.807, 2.05) is 13.2 Å². The van der Waals surface area contributed by atoms with Crippen LogP contribution in [0, 0.1) is 5.92 Å². The van der Waals surface area contributed by atoms with Gasteiger partial charge in [-0.25, -0.2) is 4.98 Å². The molecule has 3 rings (SSSR count). The van der Waals surface area contributed by atoms with Crippen LogP contribution in [0.4, 0.5) is 0 Å². The van der Waals surface area contributed by atoms with Crippen LogP contribution in [0.3, 0.4) is 0 Å². The number of hydrogen-bond acceptors (Lipinski definition) is 2. The molecule has 0 radical (unpaired) electrons. The van der Waals surface area contributed by atoms with Crippen molar-refractivity contribution in [3.63, 3.8) is 0 Å². The Morgan fingerprint density at radius 3 is 2.76 bits per heavy atom. The molecule has 2 heterocycles. The summed E-state index contributed by atoms with van der Waals surface area (Å²) in [6.07, 6.45) is 5.00. The Hall–Kier alpha value is -1.57. The van der Waals surface area contributed by atoms with Crippen LogP contribution in [0.5, 0.6) is 0 Å². The SMILES string of the molecule is CN=C(NCc1nccn1CC(C)C)N1CCc2ccccc2C1.I. The van der Waals surface area contributed by atoms with Gasteiger partial charge in [-0.1, -0.05) is 38.1 Å². The summed E-state index contributed by atoms with van der Waals surface area (Å²) < 4.78 is 2.22. The number of nitrogens with zero attached hydrogens (tertiary/aromatic N) is 4. The van der Waals surface area contributed by atoms with Crippen molar-refractivity contribution < 1.29 is 0 Å². The molecule has 0 aliphatic carbocycles. The van der Waals surface area contributed by atoms with Gasteiger partial charge in [-0.05, 0) is 23.5 Å². The summed E-state index contributed by atoms with van der Waals surface area (Å²) in [4.78, 5) is 11.3. The Morgan fingerprint density at radius 1 is 1.28 bits per heavy atom. The predicted molar refractivity (Wildman–Crippen MR) is 113 cm³/mol. The fourth-order valence-corrected chi connectivity index (χ4v) is 3.23. The summed E-state index contributed by atoms with van der Waals surface area (Å²) in [6, 6.07) is 8.67. The van der Waals surface area contributed by atoms with Gasteiger partial charge in [-0.2, -0.15) is 0 Å². The summed E-state index contributed by atoms with van der Waals surface area (Å²) in [7, 11) is 1.85. The maximum Gasteiger partial charge on any atom is 0.194 e. The van der Waals surface area contributed by atoms with Crippen molar-refractivity contribution in [2.24, 2.45) is 10.9 Å². The number of aromatic nitrogens is 2. The Kier molecular flexibility index (Phi) is 7.28. The van der Waals surface area contributed by atoms with Gasteiger partial charge >= 0.3 is 0 Å². The molecule has 25 heavy (non-hydrogen) atoms.